The van der Waals surface area contributed by atoms with Gasteiger partial charge in [-0.15, -0.1) is 0 Å². The molecule has 0 aliphatic carbocycles. The summed E-state index contributed by atoms with van der Waals surface area (Å²) in [7, 11) is -2.98. The van der Waals surface area contributed by atoms with Crippen LogP contribution in [-0.2, 0) is 14.6 Å². The quantitative estimate of drug-likeness (QED) is 0.455. The second-order valence-electron chi connectivity index (χ2n) is 3.19. The fourth-order valence-corrected chi connectivity index (χ4v) is 3.16. The molecule has 72 valence electrons. The van der Waals surface area contributed by atoms with Gasteiger partial charge >= 0.3 is 0 Å². The van der Waals surface area contributed by atoms with Crippen molar-refractivity contribution in [1.29, 1.82) is 0 Å². The maximum Gasteiger partial charge on any atom is 0.209 e. The Morgan fingerprint density at radius 1 is 1.46 bits per heavy atom. The zero-order valence-electron chi connectivity index (χ0n) is 7.54. The molecule has 0 bridgehead atoms. The Labute approximate surface area is 78.4 Å². The standard InChI is InChI=1S/C9H12O3S/c1-2-4-9(10)8-5-3-6-13(11,12)7-8/h8H,3,5-7H2,1H3. The number of carbonyl (C=O) groups excluding carboxylic acids is 1. The van der Waals surface area contributed by atoms with Crippen molar-refractivity contribution in [2.75, 3.05) is 11.5 Å². The van der Waals surface area contributed by atoms with E-state index in [2.05, 4.69) is 11.8 Å². The van der Waals surface area contributed by atoms with Crippen LogP contribution >= 0.6 is 0 Å². The van der Waals surface area contributed by atoms with Crippen LogP contribution < -0.4 is 0 Å². The summed E-state index contributed by atoms with van der Waals surface area (Å²) in [6.45, 7) is 1.58. The highest BCUT2D eigenvalue weighted by Crippen LogP contribution is 2.18. The van der Waals surface area contributed by atoms with Gasteiger partial charge in [0.15, 0.2) is 9.84 Å². The molecule has 0 amide bonds. The average Bonchev–Trinajstić information content (AvgIpc) is 2.03. The van der Waals surface area contributed by atoms with Gasteiger partial charge in [0, 0.05) is 5.92 Å². The number of Topliss-reactive ketones (excluding diaryl/α,β-unsaturated/α-hetero) is 1. The van der Waals surface area contributed by atoms with E-state index in [0.717, 1.165) is 0 Å². The number of carbonyl (C=O) groups is 1. The zero-order valence-corrected chi connectivity index (χ0v) is 8.36. The van der Waals surface area contributed by atoms with Crippen LogP contribution in [0.2, 0.25) is 0 Å². The Balaban J connectivity index is 2.71. The van der Waals surface area contributed by atoms with Crippen molar-refractivity contribution in [3.8, 4) is 11.8 Å². The van der Waals surface area contributed by atoms with Crippen molar-refractivity contribution in [2.45, 2.75) is 19.8 Å². The van der Waals surface area contributed by atoms with Crippen LogP contribution in [0.5, 0.6) is 0 Å². The van der Waals surface area contributed by atoms with Gasteiger partial charge in [-0.1, -0.05) is 5.92 Å². The van der Waals surface area contributed by atoms with E-state index in [1.54, 1.807) is 6.92 Å². The van der Waals surface area contributed by atoms with Crippen LogP contribution in [0, 0.1) is 17.8 Å². The Morgan fingerprint density at radius 3 is 2.69 bits per heavy atom. The second kappa shape index (κ2) is 3.93. The Bertz CT molecular complexity index is 356. The lowest BCUT2D eigenvalue weighted by atomic mass is 10.0. The van der Waals surface area contributed by atoms with E-state index in [1.165, 1.54) is 0 Å². The van der Waals surface area contributed by atoms with E-state index in [1.807, 2.05) is 0 Å². The van der Waals surface area contributed by atoms with Crippen LogP contribution in [0.15, 0.2) is 0 Å². The fraction of sp³-hybridized carbons (Fsp3) is 0.667. The SMILES string of the molecule is CC#CC(=O)C1CCCS(=O)(=O)C1. The highest BCUT2D eigenvalue weighted by Gasteiger charge is 2.28. The predicted molar refractivity (Wildman–Crippen MR) is 49.8 cm³/mol. The van der Waals surface area contributed by atoms with Gasteiger partial charge in [0.25, 0.3) is 0 Å². The molecule has 1 aliphatic heterocycles. The van der Waals surface area contributed by atoms with Crippen molar-refractivity contribution in [3.63, 3.8) is 0 Å². The molecule has 1 fully saturated rings. The summed E-state index contributed by atoms with van der Waals surface area (Å²) in [6.07, 6.45) is 1.25. The molecule has 1 unspecified atom stereocenters. The second-order valence-corrected chi connectivity index (χ2v) is 5.42. The van der Waals surface area contributed by atoms with E-state index in [-0.39, 0.29) is 23.2 Å². The van der Waals surface area contributed by atoms with Gasteiger partial charge in [-0.3, -0.25) is 4.79 Å². The molecule has 1 aliphatic rings. The van der Waals surface area contributed by atoms with Crippen molar-refractivity contribution < 1.29 is 13.2 Å². The van der Waals surface area contributed by atoms with E-state index >= 15 is 0 Å². The van der Waals surface area contributed by atoms with Crippen LogP contribution in [-0.4, -0.2) is 25.7 Å². The molecule has 0 saturated carbocycles. The number of sulfone groups is 1. The maximum absolute atomic E-state index is 11.2. The molecule has 0 spiro atoms. The minimum Gasteiger partial charge on any atom is -0.285 e. The number of hydrogen-bond donors (Lipinski definition) is 0. The molecular weight excluding hydrogens is 188 g/mol. The smallest absolute Gasteiger partial charge is 0.209 e. The van der Waals surface area contributed by atoms with Crippen molar-refractivity contribution >= 4 is 15.6 Å². The molecule has 3 nitrogen and oxygen atoms in total. The van der Waals surface area contributed by atoms with Gasteiger partial charge in [-0.25, -0.2) is 8.42 Å². The van der Waals surface area contributed by atoms with E-state index < -0.39 is 9.84 Å². The summed E-state index contributed by atoms with van der Waals surface area (Å²) in [4.78, 5) is 11.2. The summed E-state index contributed by atoms with van der Waals surface area (Å²) < 4.78 is 22.3. The lowest BCUT2D eigenvalue weighted by Crippen LogP contribution is -2.29. The monoisotopic (exact) mass is 200 g/mol. The minimum absolute atomic E-state index is 0.0134. The Morgan fingerprint density at radius 2 is 2.15 bits per heavy atom. The van der Waals surface area contributed by atoms with Crippen LogP contribution in [0.4, 0.5) is 0 Å². The van der Waals surface area contributed by atoms with Gasteiger partial charge in [0.05, 0.1) is 11.5 Å². The molecule has 0 N–H and O–H groups in total. The Hall–Kier alpha value is -0.820. The van der Waals surface area contributed by atoms with E-state index in [0.29, 0.717) is 12.8 Å². The summed E-state index contributed by atoms with van der Waals surface area (Å²) in [5, 5.41) is 0. The highest BCUT2D eigenvalue weighted by atomic mass is 32.2. The van der Waals surface area contributed by atoms with Gasteiger partial charge in [-0.2, -0.15) is 0 Å². The summed E-state index contributed by atoms with van der Waals surface area (Å²) in [5.41, 5.74) is 0. The van der Waals surface area contributed by atoms with Crippen LogP contribution in [0.1, 0.15) is 19.8 Å². The fourth-order valence-electron chi connectivity index (χ4n) is 1.45. The summed E-state index contributed by atoms with van der Waals surface area (Å²) in [5.74, 6) is 4.49. The third-order valence-corrected chi connectivity index (χ3v) is 3.90. The number of ketones is 1. The topological polar surface area (TPSA) is 51.2 Å². The average molecular weight is 200 g/mol. The molecule has 1 heterocycles. The number of hydrogen-bond acceptors (Lipinski definition) is 3. The van der Waals surface area contributed by atoms with E-state index in [9.17, 15) is 13.2 Å². The first-order valence-corrected chi connectivity index (χ1v) is 6.04. The van der Waals surface area contributed by atoms with Gasteiger partial charge in [0.2, 0.25) is 5.78 Å². The first kappa shape index (κ1) is 10.3. The van der Waals surface area contributed by atoms with Crippen molar-refractivity contribution in [1.82, 2.24) is 0 Å². The molecule has 1 atom stereocenters. The highest BCUT2D eigenvalue weighted by molar-refractivity contribution is 7.91. The maximum atomic E-state index is 11.2. The lowest BCUT2D eigenvalue weighted by molar-refractivity contribution is -0.117. The normalized spacial score (nSPS) is 25.8. The molecule has 0 aromatic rings. The molecule has 13 heavy (non-hydrogen) atoms. The van der Waals surface area contributed by atoms with Crippen LogP contribution in [0.25, 0.3) is 0 Å². The molecule has 0 radical (unpaired) electrons. The third kappa shape index (κ3) is 2.85. The molecule has 0 aromatic heterocycles. The molecule has 0 aromatic carbocycles. The molecular formula is C9H12O3S. The van der Waals surface area contributed by atoms with Crippen molar-refractivity contribution in [3.05, 3.63) is 0 Å². The first-order valence-electron chi connectivity index (χ1n) is 4.22. The number of rotatable bonds is 1. The lowest BCUT2D eigenvalue weighted by Gasteiger charge is -2.18. The van der Waals surface area contributed by atoms with Gasteiger partial charge < -0.3 is 0 Å². The molecule has 1 rings (SSSR count). The van der Waals surface area contributed by atoms with Gasteiger partial charge in [-0.05, 0) is 25.7 Å². The molecule has 4 heteroatoms. The first-order chi connectivity index (χ1) is 6.05. The van der Waals surface area contributed by atoms with Crippen LogP contribution in [0.3, 0.4) is 0 Å². The van der Waals surface area contributed by atoms with Gasteiger partial charge in [0.1, 0.15) is 0 Å². The largest absolute Gasteiger partial charge is 0.285 e. The summed E-state index contributed by atoms with van der Waals surface area (Å²) >= 11 is 0. The third-order valence-electron chi connectivity index (χ3n) is 2.08. The predicted octanol–water partition coefficient (Wildman–Crippen LogP) is 0.404. The van der Waals surface area contributed by atoms with Crippen molar-refractivity contribution in [2.24, 2.45) is 5.92 Å². The molecule has 1 saturated heterocycles. The minimum atomic E-state index is -2.98. The Kier molecular flexibility index (Phi) is 3.10. The summed E-state index contributed by atoms with van der Waals surface area (Å²) in [6, 6.07) is 0. The zero-order chi connectivity index (χ0) is 9.90. The van der Waals surface area contributed by atoms with E-state index in [4.69, 9.17) is 0 Å².